The van der Waals surface area contributed by atoms with Crippen LogP contribution in [-0.4, -0.2) is 36.6 Å². The number of nitrogens with zero attached hydrogens (tertiary/aromatic N) is 1. The van der Waals surface area contributed by atoms with Crippen molar-refractivity contribution < 1.29 is 9.53 Å². The molecule has 0 fully saturated rings. The SMILES string of the molecule is C#CCN(CC)C(=O)C(C)(CC)OC. The van der Waals surface area contributed by atoms with Gasteiger partial charge in [0.25, 0.3) is 5.91 Å². The highest BCUT2D eigenvalue weighted by Crippen LogP contribution is 2.17. The van der Waals surface area contributed by atoms with Crippen molar-refractivity contribution in [1.29, 1.82) is 0 Å². The molecule has 0 N–H and O–H groups in total. The lowest BCUT2D eigenvalue weighted by molar-refractivity contribution is -0.152. The minimum Gasteiger partial charge on any atom is -0.369 e. The Kier molecular flexibility index (Phi) is 5.26. The zero-order valence-electron chi connectivity index (χ0n) is 9.46. The molecule has 14 heavy (non-hydrogen) atoms. The summed E-state index contributed by atoms with van der Waals surface area (Å²) in [6.45, 7) is 6.57. The van der Waals surface area contributed by atoms with Crippen LogP contribution in [0, 0.1) is 12.3 Å². The van der Waals surface area contributed by atoms with Crippen molar-refractivity contribution in [1.82, 2.24) is 4.90 Å². The Hall–Kier alpha value is -1.01. The predicted molar refractivity (Wildman–Crippen MR) is 56.8 cm³/mol. The van der Waals surface area contributed by atoms with Crippen molar-refractivity contribution in [3.63, 3.8) is 0 Å². The van der Waals surface area contributed by atoms with Crippen LogP contribution in [0.2, 0.25) is 0 Å². The molecule has 3 heteroatoms. The van der Waals surface area contributed by atoms with E-state index in [2.05, 4.69) is 5.92 Å². The van der Waals surface area contributed by atoms with E-state index < -0.39 is 5.60 Å². The Balaban J connectivity index is 4.64. The number of hydrogen-bond acceptors (Lipinski definition) is 2. The van der Waals surface area contributed by atoms with Crippen LogP contribution in [-0.2, 0) is 9.53 Å². The Morgan fingerprint density at radius 2 is 2.14 bits per heavy atom. The summed E-state index contributed by atoms with van der Waals surface area (Å²) in [6.07, 6.45) is 5.83. The van der Waals surface area contributed by atoms with Gasteiger partial charge in [-0.2, -0.15) is 0 Å². The van der Waals surface area contributed by atoms with Crippen LogP contribution in [0.5, 0.6) is 0 Å². The molecule has 0 aliphatic carbocycles. The molecule has 0 aliphatic rings. The lowest BCUT2D eigenvalue weighted by Crippen LogP contribution is -2.48. The Bertz CT molecular complexity index is 226. The minimum absolute atomic E-state index is 0.0389. The van der Waals surface area contributed by atoms with Gasteiger partial charge in [-0.1, -0.05) is 12.8 Å². The molecule has 3 nitrogen and oxygen atoms in total. The molecule has 0 aromatic rings. The second-order valence-electron chi connectivity index (χ2n) is 3.31. The van der Waals surface area contributed by atoms with E-state index in [9.17, 15) is 4.79 Å². The van der Waals surface area contributed by atoms with Gasteiger partial charge in [0.15, 0.2) is 0 Å². The summed E-state index contributed by atoms with van der Waals surface area (Å²) < 4.78 is 5.22. The van der Waals surface area contributed by atoms with Crippen molar-refractivity contribution in [3.05, 3.63) is 0 Å². The number of terminal acetylenes is 1. The van der Waals surface area contributed by atoms with Gasteiger partial charge >= 0.3 is 0 Å². The third-order valence-electron chi connectivity index (χ3n) is 2.53. The standard InChI is InChI=1S/C11H19NO2/c1-6-9-12(8-3)10(13)11(4,7-2)14-5/h1H,7-9H2,2-5H3. The van der Waals surface area contributed by atoms with Gasteiger partial charge in [0.1, 0.15) is 5.60 Å². The predicted octanol–water partition coefficient (Wildman–Crippen LogP) is 1.28. The highest BCUT2D eigenvalue weighted by Gasteiger charge is 2.34. The summed E-state index contributed by atoms with van der Waals surface area (Å²) in [4.78, 5) is 13.6. The van der Waals surface area contributed by atoms with Crippen molar-refractivity contribution in [3.8, 4) is 12.3 Å². The first-order valence-electron chi connectivity index (χ1n) is 4.83. The van der Waals surface area contributed by atoms with Gasteiger partial charge in [-0.05, 0) is 20.3 Å². The average Bonchev–Trinajstić information content (AvgIpc) is 2.23. The van der Waals surface area contributed by atoms with E-state index in [0.29, 0.717) is 19.5 Å². The maximum absolute atomic E-state index is 12.0. The molecule has 0 radical (unpaired) electrons. The zero-order chi connectivity index (χ0) is 11.2. The van der Waals surface area contributed by atoms with Gasteiger partial charge in [-0.15, -0.1) is 6.42 Å². The molecule has 0 aromatic carbocycles. The fourth-order valence-corrected chi connectivity index (χ4v) is 1.15. The summed E-state index contributed by atoms with van der Waals surface area (Å²) in [5.74, 6) is 2.43. The van der Waals surface area contributed by atoms with E-state index in [4.69, 9.17) is 11.2 Å². The van der Waals surface area contributed by atoms with Crippen LogP contribution in [0.25, 0.3) is 0 Å². The fraction of sp³-hybridized carbons (Fsp3) is 0.727. The van der Waals surface area contributed by atoms with E-state index in [1.54, 1.807) is 18.9 Å². The van der Waals surface area contributed by atoms with Crippen LogP contribution in [0.1, 0.15) is 27.2 Å². The van der Waals surface area contributed by atoms with E-state index >= 15 is 0 Å². The molecule has 0 rings (SSSR count). The molecule has 80 valence electrons. The molecule has 0 saturated carbocycles. The van der Waals surface area contributed by atoms with Crippen LogP contribution in [0.4, 0.5) is 0 Å². The Morgan fingerprint density at radius 3 is 2.43 bits per heavy atom. The van der Waals surface area contributed by atoms with E-state index in [0.717, 1.165) is 0 Å². The van der Waals surface area contributed by atoms with Gasteiger partial charge in [0.2, 0.25) is 0 Å². The monoisotopic (exact) mass is 197 g/mol. The number of methoxy groups -OCH3 is 1. The largest absolute Gasteiger partial charge is 0.369 e. The number of amides is 1. The van der Waals surface area contributed by atoms with Crippen molar-refractivity contribution >= 4 is 5.91 Å². The third kappa shape index (κ3) is 2.74. The molecule has 0 heterocycles. The Labute approximate surface area is 86.4 Å². The number of rotatable bonds is 5. The first kappa shape index (κ1) is 13.0. The van der Waals surface area contributed by atoms with E-state index in [1.807, 2.05) is 13.8 Å². The number of likely N-dealkylation sites (N-methyl/N-ethyl adjacent to an activating group) is 1. The maximum atomic E-state index is 12.0. The summed E-state index contributed by atoms with van der Waals surface area (Å²) in [5.41, 5.74) is -0.743. The molecule has 0 spiro atoms. The lowest BCUT2D eigenvalue weighted by atomic mass is 10.0. The zero-order valence-corrected chi connectivity index (χ0v) is 9.46. The van der Waals surface area contributed by atoms with E-state index in [1.165, 1.54) is 0 Å². The number of ether oxygens (including phenoxy) is 1. The van der Waals surface area contributed by atoms with Gasteiger partial charge in [-0.25, -0.2) is 0 Å². The molecule has 1 amide bonds. The normalized spacial score (nSPS) is 14.2. The van der Waals surface area contributed by atoms with Gasteiger partial charge < -0.3 is 9.64 Å². The van der Waals surface area contributed by atoms with Gasteiger partial charge in [-0.3, -0.25) is 4.79 Å². The molecule has 0 aromatic heterocycles. The smallest absolute Gasteiger partial charge is 0.255 e. The summed E-state index contributed by atoms with van der Waals surface area (Å²) in [5, 5.41) is 0. The molecular weight excluding hydrogens is 178 g/mol. The topological polar surface area (TPSA) is 29.5 Å². The minimum atomic E-state index is -0.743. The third-order valence-corrected chi connectivity index (χ3v) is 2.53. The second kappa shape index (κ2) is 5.66. The summed E-state index contributed by atoms with van der Waals surface area (Å²) in [7, 11) is 1.55. The summed E-state index contributed by atoms with van der Waals surface area (Å²) in [6, 6.07) is 0. The highest BCUT2D eigenvalue weighted by molar-refractivity contribution is 5.85. The Morgan fingerprint density at radius 1 is 1.57 bits per heavy atom. The number of carbonyl (C=O) groups is 1. The highest BCUT2D eigenvalue weighted by atomic mass is 16.5. The molecule has 1 unspecified atom stereocenters. The number of hydrogen-bond donors (Lipinski definition) is 0. The molecular formula is C11H19NO2. The first-order chi connectivity index (χ1) is 6.55. The second-order valence-corrected chi connectivity index (χ2v) is 3.31. The van der Waals surface area contributed by atoms with Gasteiger partial charge in [0.05, 0.1) is 6.54 Å². The lowest BCUT2D eigenvalue weighted by Gasteiger charge is -2.31. The quantitative estimate of drug-likeness (QED) is 0.621. The maximum Gasteiger partial charge on any atom is 0.255 e. The summed E-state index contributed by atoms with van der Waals surface area (Å²) >= 11 is 0. The average molecular weight is 197 g/mol. The molecule has 0 aliphatic heterocycles. The van der Waals surface area contributed by atoms with Crippen LogP contribution in [0.15, 0.2) is 0 Å². The first-order valence-corrected chi connectivity index (χ1v) is 4.83. The number of carbonyl (C=O) groups excluding carboxylic acids is 1. The van der Waals surface area contributed by atoms with Crippen molar-refractivity contribution in [2.75, 3.05) is 20.2 Å². The van der Waals surface area contributed by atoms with Gasteiger partial charge in [0, 0.05) is 13.7 Å². The van der Waals surface area contributed by atoms with Crippen LogP contribution < -0.4 is 0 Å². The molecule has 0 saturated heterocycles. The fourth-order valence-electron chi connectivity index (χ4n) is 1.15. The molecule has 0 bridgehead atoms. The van der Waals surface area contributed by atoms with Crippen LogP contribution >= 0.6 is 0 Å². The van der Waals surface area contributed by atoms with Crippen molar-refractivity contribution in [2.45, 2.75) is 32.8 Å². The van der Waals surface area contributed by atoms with Crippen molar-refractivity contribution in [2.24, 2.45) is 0 Å². The van der Waals surface area contributed by atoms with E-state index in [-0.39, 0.29) is 5.91 Å². The van der Waals surface area contributed by atoms with Crippen LogP contribution in [0.3, 0.4) is 0 Å². The molecule has 1 atom stereocenters.